The molecule has 0 saturated heterocycles. The average molecular weight is 334 g/mol. The predicted octanol–water partition coefficient (Wildman–Crippen LogP) is 0.665. The van der Waals surface area contributed by atoms with Gasteiger partial charge in [0.25, 0.3) is 5.91 Å². The number of esters is 1. The van der Waals surface area contributed by atoms with Crippen molar-refractivity contribution in [1.29, 1.82) is 0 Å². The minimum atomic E-state index is -5.17. The third-order valence-electron chi connectivity index (χ3n) is 2.74. The minimum absolute atomic E-state index is 0.0493. The number of halogens is 4. The standard InChI is InChI=1S/C12H10F4N4O3/c13-6-1-5-3-20(19-9(5)7(2-6)10(18)21)4-8(17)23-11(22)12(14,15)16/h1-3,8H,4,17H2,(H2,18,21). The van der Waals surface area contributed by atoms with Crippen molar-refractivity contribution in [2.45, 2.75) is 18.9 Å². The molecule has 0 aliphatic heterocycles. The van der Waals surface area contributed by atoms with E-state index in [9.17, 15) is 27.2 Å². The Labute approximate surface area is 125 Å². The van der Waals surface area contributed by atoms with Crippen LogP contribution >= 0.6 is 0 Å². The summed E-state index contributed by atoms with van der Waals surface area (Å²) in [5.41, 5.74) is 10.2. The lowest BCUT2D eigenvalue weighted by atomic mass is 10.1. The highest BCUT2D eigenvalue weighted by molar-refractivity contribution is 6.04. The third kappa shape index (κ3) is 3.74. The summed E-state index contributed by atoms with van der Waals surface area (Å²) in [4.78, 5) is 21.9. The van der Waals surface area contributed by atoms with Crippen LogP contribution in [0.5, 0.6) is 0 Å². The SMILES string of the molecule is NC(=O)c1cc(F)cc2cn(CC(N)OC(=O)C(F)(F)F)nc12. The molecule has 23 heavy (non-hydrogen) atoms. The number of hydrogen-bond acceptors (Lipinski definition) is 5. The normalized spacial score (nSPS) is 13.1. The van der Waals surface area contributed by atoms with Crippen molar-refractivity contribution in [2.75, 3.05) is 0 Å². The molecule has 0 fully saturated rings. The lowest BCUT2D eigenvalue weighted by molar-refractivity contribution is -0.205. The Morgan fingerprint density at radius 2 is 2.00 bits per heavy atom. The zero-order valence-corrected chi connectivity index (χ0v) is 11.3. The molecule has 0 radical (unpaired) electrons. The highest BCUT2D eigenvalue weighted by Crippen LogP contribution is 2.20. The van der Waals surface area contributed by atoms with E-state index in [2.05, 4.69) is 9.84 Å². The van der Waals surface area contributed by atoms with Crippen molar-refractivity contribution >= 4 is 22.8 Å². The molecular formula is C12H10F4N4O3. The Bertz CT molecular complexity index is 771. The zero-order valence-electron chi connectivity index (χ0n) is 11.3. The van der Waals surface area contributed by atoms with Crippen molar-refractivity contribution in [3.05, 3.63) is 29.7 Å². The Hall–Kier alpha value is -2.69. The number of amides is 1. The molecule has 1 amide bonds. The molecule has 1 heterocycles. The van der Waals surface area contributed by atoms with Crippen LogP contribution in [0, 0.1) is 5.82 Å². The number of rotatable bonds is 4. The number of ether oxygens (including phenoxy) is 1. The fourth-order valence-electron chi connectivity index (χ4n) is 1.86. The summed E-state index contributed by atoms with van der Waals surface area (Å²) < 4.78 is 54.6. The summed E-state index contributed by atoms with van der Waals surface area (Å²) in [5.74, 6) is -4.10. The van der Waals surface area contributed by atoms with Crippen LogP contribution in [0.2, 0.25) is 0 Å². The molecule has 2 aromatic rings. The van der Waals surface area contributed by atoms with Crippen LogP contribution in [0.3, 0.4) is 0 Å². The van der Waals surface area contributed by atoms with Crippen molar-refractivity contribution < 1.29 is 31.9 Å². The van der Waals surface area contributed by atoms with Gasteiger partial charge in [0.05, 0.1) is 12.1 Å². The molecule has 7 nitrogen and oxygen atoms in total. The molecule has 0 saturated carbocycles. The topological polar surface area (TPSA) is 113 Å². The Balaban J connectivity index is 2.23. The first-order valence-electron chi connectivity index (χ1n) is 6.08. The van der Waals surface area contributed by atoms with Gasteiger partial charge in [-0.25, -0.2) is 9.18 Å². The van der Waals surface area contributed by atoms with E-state index in [1.807, 2.05) is 0 Å². The lowest BCUT2D eigenvalue weighted by Gasteiger charge is -2.14. The number of aromatic nitrogens is 2. The molecule has 1 aromatic heterocycles. The summed E-state index contributed by atoms with van der Waals surface area (Å²) in [6.45, 7) is -0.434. The Kier molecular flexibility index (Phi) is 4.23. The average Bonchev–Trinajstić information content (AvgIpc) is 2.77. The monoisotopic (exact) mass is 334 g/mol. The number of carbonyl (C=O) groups is 2. The number of hydrogen-bond donors (Lipinski definition) is 2. The van der Waals surface area contributed by atoms with E-state index in [0.717, 1.165) is 16.8 Å². The highest BCUT2D eigenvalue weighted by atomic mass is 19.4. The van der Waals surface area contributed by atoms with E-state index >= 15 is 0 Å². The molecule has 4 N–H and O–H groups in total. The second-order valence-electron chi connectivity index (χ2n) is 4.55. The number of nitrogens with two attached hydrogens (primary N) is 2. The Morgan fingerprint density at radius 3 is 2.57 bits per heavy atom. The quantitative estimate of drug-likeness (QED) is 0.484. The maximum atomic E-state index is 13.4. The van der Waals surface area contributed by atoms with Gasteiger partial charge in [-0.05, 0) is 12.1 Å². The van der Waals surface area contributed by atoms with Gasteiger partial charge in [-0.15, -0.1) is 0 Å². The van der Waals surface area contributed by atoms with Crippen LogP contribution in [0.1, 0.15) is 10.4 Å². The minimum Gasteiger partial charge on any atom is -0.438 e. The maximum absolute atomic E-state index is 13.4. The lowest BCUT2D eigenvalue weighted by Crippen LogP contribution is -2.37. The molecular weight excluding hydrogens is 324 g/mol. The molecule has 11 heteroatoms. The van der Waals surface area contributed by atoms with Gasteiger partial charge in [0.2, 0.25) is 0 Å². The van der Waals surface area contributed by atoms with E-state index in [-0.39, 0.29) is 16.5 Å². The predicted molar refractivity (Wildman–Crippen MR) is 68.3 cm³/mol. The highest BCUT2D eigenvalue weighted by Gasteiger charge is 2.42. The van der Waals surface area contributed by atoms with E-state index in [4.69, 9.17) is 11.5 Å². The van der Waals surface area contributed by atoms with Gasteiger partial charge < -0.3 is 10.5 Å². The van der Waals surface area contributed by atoms with E-state index < -0.39 is 36.6 Å². The van der Waals surface area contributed by atoms with Crippen molar-refractivity contribution in [2.24, 2.45) is 11.5 Å². The molecule has 124 valence electrons. The second-order valence-corrected chi connectivity index (χ2v) is 4.55. The number of nitrogens with zero attached hydrogens (tertiary/aromatic N) is 2. The van der Waals surface area contributed by atoms with Crippen LogP contribution in [0.4, 0.5) is 17.6 Å². The number of primary amides is 1. The first-order valence-corrected chi connectivity index (χ1v) is 6.08. The molecule has 0 bridgehead atoms. The smallest absolute Gasteiger partial charge is 0.438 e. The van der Waals surface area contributed by atoms with Crippen LogP contribution in [0.25, 0.3) is 10.9 Å². The zero-order chi connectivity index (χ0) is 17.4. The van der Waals surface area contributed by atoms with Gasteiger partial charge in [-0.3, -0.25) is 15.2 Å². The van der Waals surface area contributed by atoms with Gasteiger partial charge in [-0.2, -0.15) is 18.3 Å². The molecule has 1 atom stereocenters. The van der Waals surface area contributed by atoms with Gasteiger partial charge in [0.1, 0.15) is 11.3 Å². The summed E-state index contributed by atoms with van der Waals surface area (Å²) >= 11 is 0. The van der Waals surface area contributed by atoms with E-state index in [1.165, 1.54) is 6.20 Å². The van der Waals surface area contributed by atoms with E-state index in [0.29, 0.717) is 0 Å². The summed E-state index contributed by atoms with van der Waals surface area (Å²) in [7, 11) is 0. The van der Waals surface area contributed by atoms with Gasteiger partial charge in [-0.1, -0.05) is 0 Å². The number of alkyl halides is 3. The largest absolute Gasteiger partial charge is 0.490 e. The maximum Gasteiger partial charge on any atom is 0.490 e. The molecule has 1 unspecified atom stereocenters. The first-order chi connectivity index (χ1) is 10.6. The second kappa shape index (κ2) is 5.83. The molecule has 0 aliphatic rings. The number of carbonyl (C=O) groups excluding carboxylic acids is 2. The number of benzene rings is 1. The van der Waals surface area contributed by atoms with Crippen molar-refractivity contribution in [1.82, 2.24) is 9.78 Å². The number of fused-ring (bicyclic) bond motifs is 1. The van der Waals surface area contributed by atoms with Crippen molar-refractivity contribution in [3.8, 4) is 0 Å². The van der Waals surface area contributed by atoms with Gasteiger partial charge in [0, 0.05) is 11.6 Å². The molecule has 2 rings (SSSR count). The summed E-state index contributed by atoms with van der Waals surface area (Å²) in [6.07, 6.45) is -5.58. The third-order valence-corrected chi connectivity index (χ3v) is 2.74. The van der Waals surface area contributed by atoms with Crippen molar-refractivity contribution in [3.63, 3.8) is 0 Å². The molecule has 0 spiro atoms. The first kappa shape index (κ1) is 16.7. The van der Waals surface area contributed by atoms with Crippen LogP contribution in [-0.4, -0.2) is 34.1 Å². The Morgan fingerprint density at radius 1 is 1.35 bits per heavy atom. The summed E-state index contributed by atoms with van der Waals surface area (Å²) in [6, 6.07) is 1.93. The van der Waals surface area contributed by atoms with Crippen LogP contribution in [0.15, 0.2) is 18.3 Å². The summed E-state index contributed by atoms with van der Waals surface area (Å²) in [5, 5.41) is 4.07. The van der Waals surface area contributed by atoms with Gasteiger partial charge >= 0.3 is 12.1 Å². The molecule has 0 aliphatic carbocycles. The van der Waals surface area contributed by atoms with Crippen LogP contribution in [-0.2, 0) is 16.1 Å². The van der Waals surface area contributed by atoms with Gasteiger partial charge in [0.15, 0.2) is 6.23 Å². The fraction of sp³-hybridized carbons (Fsp3) is 0.250. The fourth-order valence-corrected chi connectivity index (χ4v) is 1.86. The van der Waals surface area contributed by atoms with Crippen LogP contribution < -0.4 is 11.5 Å². The molecule has 1 aromatic carbocycles. The van der Waals surface area contributed by atoms with E-state index in [1.54, 1.807) is 0 Å².